The maximum Gasteiger partial charge on any atom is 0.406 e. The largest absolute Gasteiger partial charge is 0.478 e. The lowest BCUT2D eigenvalue weighted by Gasteiger charge is -2.23. The zero-order chi connectivity index (χ0) is 16.0. The summed E-state index contributed by atoms with van der Waals surface area (Å²) in [5.74, 6) is -2.44. The van der Waals surface area contributed by atoms with Crippen LogP contribution in [0, 0.1) is 0 Å². The van der Waals surface area contributed by atoms with Crippen molar-refractivity contribution < 1.29 is 27.9 Å². The fraction of sp³-hybridized carbons (Fsp3) is 0.462. The van der Waals surface area contributed by atoms with Crippen LogP contribution in [0.3, 0.4) is 0 Å². The van der Waals surface area contributed by atoms with E-state index in [9.17, 15) is 22.8 Å². The summed E-state index contributed by atoms with van der Waals surface area (Å²) >= 11 is 0. The molecule has 8 heteroatoms. The molecule has 1 heterocycles. The first kappa shape index (κ1) is 16.9. The summed E-state index contributed by atoms with van der Waals surface area (Å²) in [5, 5.41) is 8.97. The van der Waals surface area contributed by atoms with E-state index in [1.807, 2.05) is 0 Å². The van der Waals surface area contributed by atoms with E-state index < -0.39 is 35.9 Å². The average Bonchev–Trinajstić information content (AvgIpc) is 2.41. The highest BCUT2D eigenvalue weighted by atomic mass is 19.4. The van der Waals surface area contributed by atoms with E-state index in [1.54, 1.807) is 6.92 Å². The number of hydrogen-bond acceptors (Lipinski definition) is 3. The molecule has 1 rings (SSSR count). The van der Waals surface area contributed by atoms with E-state index >= 15 is 0 Å². The summed E-state index contributed by atoms with van der Waals surface area (Å²) in [4.78, 5) is 27.4. The Morgan fingerprint density at radius 3 is 2.57 bits per heavy atom. The number of aromatic nitrogens is 1. The maximum absolute atomic E-state index is 12.5. The number of amides is 1. The maximum atomic E-state index is 12.5. The normalized spacial score (nSPS) is 11.2. The Hall–Kier alpha value is -2.12. The molecule has 5 nitrogen and oxygen atoms in total. The molecular formula is C13H15F3N2O3. The smallest absolute Gasteiger partial charge is 0.406 e. The van der Waals surface area contributed by atoms with Crippen molar-refractivity contribution in [3.63, 3.8) is 0 Å². The third-order valence-corrected chi connectivity index (χ3v) is 2.68. The van der Waals surface area contributed by atoms with Gasteiger partial charge in [-0.2, -0.15) is 13.2 Å². The Labute approximate surface area is 119 Å². The van der Waals surface area contributed by atoms with Gasteiger partial charge < -0.3 is 10.0 Å². The number of aromatic carboxylic acids is 1. The number of halogens is 3. The fourth-order valence-electron chi connectivity index (χ4n) is 1.72. The molecule has 0 radical (unpaired) electrons. The first-order valence-corrected chi connectivity index (χ1v) is 6.30. The third kappa shape index (κ3) is 5.05. The van der Waals surface area contributed by atoms with Crippen LogP contribution in [-0.4, -0.2) is 46.1 Å². The minimum Gasteiger partial charge on any atom is -0.478 e. The van der Waals surface area contributed by atoms with E-state index in [4.69, 9.17) is 5.11 Å². The van der Waals surface area contributed by atoms with Crippen LogP contribution in [0.2, 0.25) is 0 Å². The van der Waals surface area contributed by atoms with Crippen molar-refractivity contribution in [1.29, 1.82) is 0 Å². The third-order valence-electron chi connectivity index (χ3n) is 2.68. The average molecular weight is 304 g/mol. The van der Waals surface area contributed by atoms with Crippen molar-refractivity contribution >= 4 is 11.9 Å². The minimum atomic E-state index is -4.55. The van der Waals surface area contributed by atoms with Gasteiger partial charge in [0.05, 0.1) is 5.56 Å². The summed E-state index contributed by atoms with van der Waals surface area (Å²) in [7, 11) is 0. The molecule has 0 saturated carbocycles. The number of carbonyl (C=O) groups excluding carboxylic acids is 1. The van der Waals surface area contributed by atoms with Gasteiger partial charge in [0.15, 0.2) is 0 Å². The quantitative estimate of drug-likeness (QED) is 0.877. The Kier molecular flexibility index (Phi) is 5.69. The van der Waals surface area contributed by atoms with Crippen molar-refractivity contribution in [2.45, 2.75) is 25.9 Å². The van der Waals surface area contributed by atoms with E-state index in [1.165, 1.54) is 12.3 Å². The number of carbonyl (C=O) groups is 2. The number of alkyl halides is 3. The van der Waals surface area contributed by atoms with Crippen LogP contribution in [0.5, 0.6) is 0 Å². The molecule has 0 aliphatic heterocycles. The second-order valence-corrected chi connectivity index (χ2v) is 4.40. The van der Waals surface area contributed by atoms with E-state index in [0.717, 1.165) is 6.07 Å². The Morgan fingerprint density at radius 2 is 2.05 bits per heavy atom. The molecule has 0 spiro atoms. The molecule has 0 bridgehead atoms. The first-order chi connectivity index (χ1) is 9.76. The van der Waals surface area contributed by atoms with Crippen molar-refractivity contribution in [3.8, 4) is 0 Å². The van der Waals surface area contributed by atoms with Gasteiger partial charge in [0.1, 0.15) is 12.2 Å². The molecule has 0 fully saturated rings. The summed E-state index contributed by atoms with van der Waals surface area (Å²) in [6.45, 7) is 0.242. The van der Waals surface area contributed by atoms with Crippen LogP contribution in [0.15, 0.2) is 18.3 Å². The van der Waals surface area contributed by atoms with Gasteiger partial charge in [0.25, 0.3) is 5.91 Å². The molecule has 1 aromatic rings. The van der Waals surface area contributed by atoms with Crippen molar-refractivity contribution in [2.75, 3.05) is 13.1 Å². The highest BCUT2D eigenvalue weighted by Crippen LogP contribution is 2.19. The molecule has 0 unspecified atom stereocenters. The van der Waals surface area contributed by atoms with Gasteiger partial charge in [-0.15, -0.1) is 0 Å². The van der Waals surface area contributed by atoms with Crippen LogP contribution >= 0.6 is 0 Å². The lowest BCUT2D eigenvalue weighted by Crippen LogP contribution is -2.40. The molecule has 0 aromatic carbocycles. The van der Waals surface area contributed by atoms with Gasteiger partial charge in [-0.3, -0.25) is 9.78 Å². The van der Waals surface area contributed by atoms with Gasteiger partial charge >= 0.3 is 12.1 Å². The molecule has 0 saturated heterocycles. The lowest BCUT2D eigenvalue weighted by molar-refractivity contribution is -0.140. The molecule has 116 valence electrons. The lowest BCUT2D eigenvalue weighted by atomic mass is 10.1. The predicted octanol–water partition coefficient (Wildman–Crippen LogP) is 2.58. The number of hydrogen-bond donors (Lipinski definition) is 1. The summed E-state index contributed by atoms with van der Waals surface area (Å²) in [6.07, 6.45) is -2.39. The number of nitrogens with zero attached hydrogens (tertiary/aromatic N) is 2. The van der Waals surface area contributed by atoms with Crippen molar-refractivity contribution in [1.82, 2.24) is 9.88 Å². The number of rotatable bonds is 6. The van der Waals surface area contributed by atoms with Gasteiger partial charge in [-0.05, 0) is 18.6 Å². The molecule has 0 aliphatic rings. The van der Waals surface area contributed by atoms with Crippen LogP contribution in [0.25, 0.3) is 0 Å². The van der Waals surface area contributed by atoms with Crippen LogP contribution < -0.4 is 0 Å². The second-order valence-electron chi connectivity index (χ2n) is 4.40. The first-order valence-electron chi connectivity index (χ1n) is 6.30. The molecule has 1 aromatic heterocycles. The Morgan fingerprint density at radius 1 is 1.38 bits per heavy atom. The number of carboxylic acid groups (broad SMARTS) is 1. The highest BCUT2D eigenvalue weighted by molar-refractivity contribution is 6.03. The minimum absolute atomic E-state index is 0.107. The molecule has 0 aliphatic carbocycles. The van der Waals surface area contributed by atoms with Crippen LogP contribution in [0.1, 0.15) is 40.6 Å². The Bertz CT molecular complexity index is 518. The van der Waals surface area contributed by atoms with Gasteiger partial charge in [-0.1, -0.05) is 13.3 Å². The number of carboxylic acids is 1. The topological polar surface area (TPSA) is 70.5 Å². The zero-order valence-corrected chi connectivity index (χ0v) is 11.4. The molecular weight excluding hydrogens is 289 g/mol. The summed E-state index contributed by atoms with van der Waals surface area (Å²) in [6, 6.07) is 2.44. The molecule has 1 N–H and O–H groups in total. The van der Waals surface area contributed by atoms with Crippen molar-refractivity contribution in [3.05, 3.63) is 29.6 Å². The second kappa shape index (κ2) is 7.05. The fourth-order valence-corrected chi connectivity index (χ4v) is 1.72. The Balaban J connectivity index is 3.07. The van der Waals surface area contributed by atoms with Crippen LogP contribution in [-0.2, 0) is 0 Å². The van der Waals surface area contributed by atoms with Gasteiger partial charge in [-0.25, -0.2) is 4.79 Å². The standard InChI is InChI=1S/C13H15F3N2O3/c1-2-3-7-18(8-13(14,15)16)11(19)10-9(12(20)21)5-4-6-17-10/h4-6H,2-3,7-8H2,1H3,(H,20,21). The monoisotopic (exact) mass is 304 g/mol. The van der Waals surface area contributed by atoms with E-state index in [0.29, 0.717) is 17.7 Å². The molecule has 0 atom stereocenters. The molecule has 1 amide bonds. The van der Waals surface area contributed by atoms with E-state index in [-0.39, 0.29) is 6.54 Å². The van der Waals surface area contributed by atoms with Gasteiger partial charge in [0.2, 0.25) is 0 Å². The number of unbranched alkanes of at least 4 members (excludes halogenated alkanes) is 1. The molecule has 21 heavy (non-hydrogen) atoms. The summed E-state index contributed by atoms with van der Waals surface area (Å²) < 4.78 is 37.6. The van der Waals surface area contributed by atoms with Gasteiger partial charge in [0, 0.05) is 12.7 Å². The van der Waals surface area contributed by atoms with Crippen molar-refractivity contribution in [2.24, 2.45) is 0 Å². The zero-order valence-electron chi connectivity index (χ0n) is 11.4. The highest BCUT2D eigenvalue weighted by Gasteiger charge is 2.34. The van der Waals surface area contributed by atoms with E-state index in [2.05, 4.69) is 4.98 Å². The number of pyridine rings is 1. The SMILES string of the molecule is CCCCN(CC(F)(F)F)C(=O)c1ncccc1C(=O)O. The summed E-state index contributed by atoms with van der Waals surface area (Å²) in [5.41, 5.74) is -0.892. The predicted molar refractivity (Wildman–Crippen MR) is 68.1 cm³/mol. The van der Waals surface area contributed by atoms with Crippen LogP contribution in [0.4, 0.5) is 13.2 Å².